The summed E-state index contributed by atoms with van der Waals surface area (Å²) in [4.78, 5) is 16.3. The molecule has 148 valence electrons. The third-order valence-electron chi connectivity index (χ3n) is 4.97. The molecular formula is C22H18ClNO4S. The van der Waals surface area contributed by atoms with Gasteiger partial charge in [-0.3, -0.25) is 4.79 Å². The van der Waals surface area contributed by atoms with Crippen molar-refractivity contribution in [3.05, 3.63) is 69.4 Å². The molecule has 3 heterocycles. The number of nitrogens with zero attached hydrogens (tertiary/aromatic N) is 1. The average molecular weight is 428 g/mol. The summed E-state index contributed by atoms with van der Waals surface area (Å²) in [5, 5.41) is 2.65. The topological polar surface area (TPSA) is 48.0 Å². The second kappa shape index (κ2) is 7.61. The monoisotopic (exact) mass is 427 g/mol. The zero-order valence-electron chi connectivity index (χ0n) is 15.5. The number of thiophene rings is 1. The van der Waals surface area contributed by atoms with Gasteiger partial charge in [0.15, 0.2) is 17.6 Å². The van der Waals surface area contributed by atoms with Gasteiger partial charge in [-0.05, 0) is 47.3 Å². The molecule has 2 aliphatic heterocycles. The Morgan fingerprint density at radius 2 is 1.90 bits per heavy atom. The van der Waals surface area contributed by atoms with E-state index in [2.05, 4.69) is 0 Å². The molecule has 1 atom stereocenters. The summed E-state index contributed by atoms with van der Waals surface area (Å²) in [6.07, 6.45) is -0.0862. The van der Waals surface area contributed by atoms with Gasteiger partial charge in [-0.25, -0.2) is 0 Å². The second-order valence-electron chi connectivity index (χ2n) is 6.89. The Morgan fingerprint density at radius 1 is 1.07 bits per heavy atom. The van der Waals surface area contributed by atoms with Gasteiger partial charge in [0, 0.05) is 28.1 Å². The van der Waals surface area contributed by atoms with Crippen LogP contribution < -0.4 is 19.1 Å². The number of benzene rings is 2. The van der Waals surface area contributed by atoms with E-state index in [0.717, 1.165) is 16.1 Å². The number of hydrogen-bond donors (Lipinski definition) is 0. The van der Waals surface area contributed by atoms with Gasteiger partial charge < -0.3 is 19.1 Å². The molecule has 2 aromatic carbocycles. The van der Waals surface area contributed by atoms with Gasteiger partial charge in [-0.1, -0.05) is 17.7 Å². The SMILES string of the molecule is O=C([C@H]1Cc2cc(Cl)ccc2O1)N(Cc1cccs1)c1ccc2c(c1)OCCO2. The van der Waals surface area contributed by atoms with Crippen LogP contribution in [0.3, 0.4) is 0 Å². The van der Waals surface area contributed by atoms with E-state index in [0.29, 0.717) is 48.5 Å². The first-order chi connectivity index (χ1) is 14.2. The molecule has 0 bridgehead atoms. The minimum absolute atomic E-state index is 0.0950. The van der Waals surface area contributed by atoms with Crippen LogP contribution in [-0.2, 0) is 17.8 Å². The lowest BCUT2D eigenvalue weighted by molar-refractivity contribution is -0.124. The minimum atomic E-state index is -0.586. The average Bonchev–Trinajstić information content (AvgIpc) is 3.40. The van der Waals surface area contributed by atoms with Crippen molar-refractivity contribution in [1.82, 2.24) is 0 Å². The third-order valence-corrected chi connectivity index (χ3v) is 6.07. The summed E-state index contributed by atoms with van der Waals surface area (Å²) < 4.78 is 17.3. The summed E-state index contributed by atoms with van der Waals surface area (Å²) in [7, 11) is 0. The number of hydrogen-bond acceptors (Lipinski definition) is 5. The fraction of sp³-hybridized carbons (Fsp3) is 0.227. The molecule has 7 heteroatoms. The molecule has 29 heavy (non-hydrogen) atoms. The van der Waals surface area contributed by atoms with Crippen LogP contribution in [0.25, 0.3) is 0 Å². The molecule has 1 aromatic heterocycles. The van der Waals surface area contributed by atoms with Crippen LogP contribution in [0.1, 0.15) is 10.4 Å². The Labute approximate surface area is 177 Å². The molecule has 2 aliphatic rings. The van der Waals surface area contributed by atoms with Gasteiger partial charge in [0.2, 0.25) is 0 Å². The van der Waals surface area contributed by atoms with Crippen LogP contribution in [0.2, 0.25) is 5.02 Å². The molecule has 5 rings (SSSR count). The zero-order valence-corrected chi connectivity index (χ0v) is 17.0. The maximum atomic E-state index is 13.5. The highest BCUT2D eigenvalue weighted by molar-refractivity contribution is 7.09. The molecule has 0 saturated carbocycles. The molecule has 0 N–H and O–H groups in total. The molecule has 1 amide bonds. The van der Waals surface area contributed by atoms with E-state index in [-0.39, 0.29) is 5.91 Å². The van der Waals surface area contributed by atoms with Crippen LogP contribution in [0.5, 0.6) is 17.2 Å². The van der Waals surface area contributed by atoms with Crippen LogP contribution in [0.4, 0.5) is 5.69 Å². The maximum Gasteiger partial charge on any atom is 0.268 e. The number of fused-ring (bicyclic) bond motifs is 2. The van der Waals surface area contributed by atoms with Gasteiger partial charge in [0.25, 0.3) is 5.91 Å². The smallest absolute Gasteiger partial charge is 0.268 e. The molecule has 3 aromatic rings. The normalized spacial score (nSPS) is 16.8. The van der Waals surface area contributed by atoms with Crippen molar-refractivity contribution >= 4 is 34.5 Å². The lowest BCUT2D eigenvalue weighted by atomic mass is 10.1. The summed E-state index contributed by atoms with van der Waals surface area (Å²) in [5.74, 6) is 1.97. The Morgan fingerprint density at radius 3 is 2.72 bits per heavy atom. The van der Waals surface area contributed by atoms with Gasteiger partial charge in [-0.2, -0.15) is 0 Å². The molecule has 0 saturated heterocycles. The minimum Gasteiger partial charge on any atom is -0.486 e. The second-order valence-corrected chi connectivity index (χ2v) is 8.36. The first-order valence-corrected chi connectivity index (χ1v) is 10.6. The Kier molecular flexibility index (Phi) is 4.81. The van der Waals surface area contributed by atoms with E-state index in [4.69, 9.17) is 25.8 Å². The van der Waals surface area contributed by atoms with Crippen LogP contribution in [0.15, 0.2) is 53.9 Å². The van der Waals surface area contributed by atoms with E-state index >= 15 is 0 Å². The fourth-order valence-electron chi connectivity index (χ4n) is 3.58. The van der Waals surface area contributed by atoms with Crippen molar-refractivity contribution in [3.63, 3.8) is 0 Å². The van der Waals surface area contributed by atoms with Crippen molar-refractivity contribution in [2.75, 3.05) is 18.1 Å². The highest BCUT2D eigenvalue weighted by Gasteiger charge is 2.34. The van der Waals surface area contributed by atoms with Crippen LogP contribution >= 0.6 is 22.9 Å². The molecule has 0 unspecified atom stereocenters. The summed E-state index contributed by atoms with van der Waals surface area (Å²) in [6.45, 7) is 1.49. The number of halogens is 1. The number of anilines is 1. The van der Waals surface area contributed by atoms with Crippen molar-refractivity contribution in [3.8, 4) is 17.2 Å². The molecule has 5 nitrogen and oxygen atoms in total. The van der Waals surface area contributed by atoms with Gasteiger partial charge in [0.05, 0.1) is 6.54 Å². The Bertz CT molecular complexity index is 1050. The van der Waals surface area contributed by atoms with E-state index < -0.39 is 6.10 Å². The van der Waals surface area contributed by atoms with Crippen molar-refractivity contribution in [2.24, 2.45) is 0 Å². The standard InChI is InChI=1S/C22H18ClNO4S/c23-15-3-5-18-14(10-15)11-21(28-18)22(25)24(13-17-2-1-9-29-17)16-4-6-19-20(12-16)27-8-7-26-19/h1-6,9-10,12,21H,7-8,11,13H2/t21-/m1/s1. The van der Waals surface area contributed by atoms with Crippen LogP contribution in [-0.4, -0.2) is 25.2 Å². The van der Waals surface area contributed by atoms with Gasteiger partial charge in [0.1, 0.15) is 19.0 Å². The highest BCUT2D eigenvalue weighted by Crippen LogP contribution is 2.37. The van der Waals surface area contributed by atoms with Crippen LogP contribution in [0, 0.1) is 0 Å². The number of rotatable bonds is 4. The van der Waals surface area contributed by atoms with Gasteiger partial charge >= 0.3 is 0 Å². The molecule has 0 radical (unpaired) electrons. The number of amides is 1. The van der Waals surface area contributed by atoms with Crippen molar-refractivity contribution in [1.29, 1.82) is 0 Å². The van der Waals surface area contributed by atoms with E-state index in [1.165, 1.54) is 0 Å². The van der Waals surface area contributed by atoms with E-state index in [1.54, 1.807) is 22.3 Å². The van der Waals surface area contributed by atoms with E-state index in [9.17, 15) is 4.79 Å². The highest BCUT2D eigenvalue weighted by atomic mass is 35.5. The number of carbonyl (C=O) groups is 1. The first-order valence-electron chi connectivity index (χ1n) is 9.36. The number of carbonyl (C=O) groups excluding carboxylic acids is 1. The van der Waals surface area contributed by atoms with Gasteiger partial charge in [-0.15, -0.1) is 11.3 Å². The van der Waals surface area contributed by atoms with Crippen molar-refractivity contribution < 1.29 is 19.0 Å². The quantitative estimate of drug-likeness (QED) is 0.605. The fourth-order valence-corrected chi connectivity index (χ4v) is 4.47. The lowest BCUT2D eigenvalue weighted by Crippen LogP contribution is -2.41. The molecule has 0 fully saturated rings. The molecular weight excluding hydrogens is 410 g/mol. The van der Waals surface area contributed by atoms with Crippen molar-refractivity contribution in [2.45, 2.75) is 19.1 Å². The predicted molar refractivity (Wildman–Crippen MR) is 113 cm³/mol. The summed E-state index contributed by atoms with van der Waals surface area (Å²) >= 11 is 7.71. The van der Waals surface area contributed by atoms with E-state index in [1.807, 2.05) is 47.8 Å². The lowest BCUT2D eigenvalue weighted by Gasteiger charge is -2.27. The Balaban J connectivity index is 1.45. The number of ether oxygens (including phenoxy) is 3. The molecule has 0 aliphatic carbocycles. The summed E-state index contributed by atoms with van der Waals surface area (Å²) in [6, 6.07) is 15.1. The zero-order chi connectivity index (χ0) is 19.8. The first kappa shape index (κ1) is 18.3. The predicted octanol–water partition coefficient (Wildman–Crippen LogP) is 4.71. The Hall–Kier alpha value is -2.70. The maximum absolute atomic E-state index is 13.5. The molecule has 0 spiro atoms. The third kappa shape index (κ3) is 3.66. The largest absolute Gasteiger partial charge is 0.486 e. The summed E-state index contributed by atoms with van der Waals surface area (Å²) in [5.41, 5.74) is 1.71.